The van der Waals surface area contributed by atoms with E-state index in [1.54, 1.807) is 42.5 Å². The fraction of sp³-hybridized carbons (Fsp3) is 0.217. The number of carbonyl (C=O) groups excluding carboxylic acids is 3. The summed E-state index contributed by atoms with van der Waals surface area (Å²) in [7, 11) is 0. The van der Waals surface area contributed by atoms with E-state index in [1.807, 2.05) is 18.2 Å². The first-order valence-electron chi connectivity index (χ1n) is 10.6. The zero-order valence-electron chi connectivity index (χ0n) is 17.9. The number of ketones is 1. The van der Waals surface area contributed by atoms with Crippen LogP contribution in [0.25, 0.3) is 16.7 Å². The Morgan fingerprint density at radius 3 is 2.36 bits per heavy atom. The first-order chi connectivity index (χ1) is 16.0. The topological polar surface area (TPSA) is 117 Å². The molecule has 0 saturated carbocycles. The maximum atomic E-state index is 13.1. The number of aromatic nitrogens is 5. The summed E-state index contributed by atoms with van der Waals surface area (Å²) < 4.78 is 1.52. The molecular formula is C23H21N7O3. The van der Waals surface area contributed by atoms with Crippen LogP contribution >= 0.6 is 0 Å². The Kier molecular flexibility index (Phi) is 5.17. The van der Waals surface area contributed by atoms with E-state index < -0.39 is 11.7 Å². The van der Waals surface area contributed by atoms with Crippen LogP contribution in [0.3, 0.4) is 0 Å². The van der Waals surface area contributed by atoms with Gasteiger partial charge in [-0.15, -0.1) is 0 Å². The molecule has 10 heteroatoms. The Morgan fingerprint density at radius 2 is 1.67 bits per heavy atom. The summed E-state index contributed by atoms with van der Waals surface area (Å²) in [6.07, 6.45) is 4.63. The molecule has 3 aromatic heterocycles. The van der Waals surface area contributed by atoms with E-state index in [4.69, 9.17) is 0 Å². The van der Waals surface area contributed by atoms with Gasteiger partial charge in [0.05, 0.1) is 11.1 Å². The molecule has 0 unspecified atom stereocenters. The van der Waals surface area contributed by atoms with Gasteiger partial charge in [0.25, 0.3) is 17.6 Å². The monoisotopic (exact) mass is 443 g/mol. The van der Waals surface area contributed by atoms with E-state index in [1.165, 1.54) is 15.8 Å². The van der Waals surface area contributed by atoms with Gasteiger partial charge in [0.2, 0.25) is 0 Å². The van der Waals surface area contributed by atoms with Gasteiger partial charge < -0.3 is 14.8 Å². The van der Waals surface area contributed by atoms with Crippen molar-refractivity contribution in [3.63, 3.8) is 0 Å². The number of pyridine rings is 1. The Labute approximate surface area is 188 Å². The molecule has 1 aliphatic rings. The van der Waals surface area contributed by atoms with Crippen LogP contribution in [0, 0.1) is 6.92 Å². The number of rotatable bonds is 4. The predicted molar refractivity (Wildman–Crippen MR) is 119 cm³/mol. The van der Waals surface area contributed by atoms with E-state index in [0.717, 1.165) is 0 Å². The van der Waals surface area contributed by atoms with Crippen molar-refractivity contribution in [3.05, 3.63) is 72.1 Å². The zero-order chi connectivity index (χ0) is 22.9. The molecule has 1 N–H and O–H groups in total. The molecule has 0 radical (unpaired) electrons. The van der Waals surface area contributed by atoms with Crippen molar-refractivity contribution < 1.29 is 14.4 Å². The average Bonchev–Trinajstić information content (AvgIpc) is 3.49. The van der Waals surface area contributed by atoms with Crippen LogP contribution in [0.2, 0.25) is 0 Å². The molecule has 1 aromatic carbocycles. The molecule has 1 saturated heterocycles. The maximum Gasteiger partial charge on any atom is 0.295 e. The number of hydrogen-bond donors (Lipinski definition) is 1. The lowest BCUT2D eigenvalue weighted by Crippen LogP contribution is -2.52. The Balaban J connectivity index is 1.31. The van der Waals surface area contributed by atoms with Gasteiger partial charge >= 0.3 is 0 Å². The minimum Gasteiger partial charge on any atom is -0.357 e. The molecule has 0 atom stereocenters. The van der Waals surface area contributed by atoms with Gasteiger partial charge in [-0.1, -0.05) is 18.2 Å². The van der Waals surface area contributed by atoms with Crippen molar-refractivity contribution in [3.8, 4) is 5.82 Å². The molecule has 1 fully saturated rings. The van der Waals surface area contributed by atoms with E-state index in [-0.39, 0.29) is 11.5 Å². The lowest BCUT2D eigenvalue weighted by Gasteiger charge is -2.34. The fourth-order valence-corrected chi connectivity index (χ4v) is 3.98. The number of H-pyrrole nitrogens is 1. The number of amides is 2. The molecular weight excluding hydrogens is 422 g/mol. The van der Waals surface area contributed by atoms with Crippen molar-refractivity contribution in [2.75, 3.05) is 26.2 Å². The third kappa shape index (κ3) is 3.75. The second-order valence-corrected chi connectivity index (χ2v) is 7.78. The lowest BCUT2D eigenvalue weighted by molar-refractivity contribution is -0.127. The number of nitrogens with one attached hydrogen (secondary N) is 1. The number of aromatic amines is 1. The number of aryl methyl sites for hydroxylation is 1. The third-order valence-corrected chi connectivity index (χ3v) is 5.72. The van der Waals surface area contributed by atoms with Crippen LogP contribution in [-0.4, -0.2) is 78.3 Å². The summed E-state index contributed by atoms with van der Waals surface area (Å²) in [5.74, 6) is -0.174. The highest BCUT2D eigenvalue weighted by molar-refractivity contribution is 6.45. The van der Waals surface area contributed by atoms with Gasteiger partial charge in [-0.2, -0.15) is 5.10 Å². The molecule has 0 aliphatic carbocycles. The van der Waals surface area contributed by atoms with Crippen molar-refractivity contribution in [2.45, 2.75) is 6.92 Å². The van der Waals surface area contributed by atoms with Crippen LogP contribution in [0.1, 0.15) is 26.5 Å². The van der Waals surface area contributed by atoms with Crippen LogP contribution in [0.4, 0.5) is 0 Å². The minimum atomic E-state index is -0.601. The smallest absolute Gasteiger partial charge is 0.295 e. The molecule has 5 rings (SSSR count). The van der Waals surface area contributed by atoms with Gasteiger partial charge in [0.1, 0.15) is 12.2 Å². The van der Waals surface area contributed by atoms with E-state index in [2.05, 4.69) is 20.1 Å². The van der Waals surface area contributed by atoms with Crippen LogP contribution in [-0.2, 0) is 4.79 Å². The minimum absolute atomic E-state index is 0.0750. The van der Waals surface area contributed by atoms with E-state index in [0.29, 0.717) is 54.3 Å². The van der Waals surface area contributed by atoms with E-state index >= 15 is 0 Å². The van der Waals surface area contributed by atoms with E-state index in [9.17, 15) is 14.4 Å². The normalized spacial score (nSPS) is 14.0. The summed E-state index contributed by atoms with van der Waals surface area (Å²) in [5.41, 5.74) is 1.48. The molecule has 10 nitrogen and oxygen atoms in total. The van der Waals surface area contributed by atoms with Crippen molar-refractivity contribution in [1.82, 2.24) is 34.5 Å². The van der Waals surface area contributed by atoms with Gasteiger partial charge in [-0.25, -0.2) is 14.6 Å². The maximum absolute atomic E-state index is 13.1. The molecule has 4 heterocycles. The number of carbonyl (C=O) groups is 3. The Bertz CT molecular complexity index is 1350. The first-order valence-corrected chi connectivity index (χ1v) is 10.6. The van der Waals surface area contributed by atoms with Gasteiger partial charge in [0, 0.05) is 49.5 Å². The summed E-state index contributed by atoms with van der Waals surface area (Å²) in [6, 6.07) is 10.7. The molecule has 0 bridgehead atoms. The SMILES string of the molecule is Cc1ncn(-c2nccc3c(C(=O)C(=O)N4CCN(C(=O)c5ccccc5)CC4)c[nH]c23)n1. The Hall–Kier alpha value is -4.34. The molecule has 2 amide bonds. The van der Waals surface area contributed by atoms with Crippen molar-refractivity contribution >= 4 is 28.5 Å². The second-order valence-electron chi connectivity index (χ2n) is 7.78. The van der Waals surface area contributed by atoms with Gasteiger partial charge in [-0.05, 0) is 25.1 Å². The largest absolute Gasteiger partial charge is 0.357 e. The summed E-state index contributed by atoms with van der Waals surface area (Å²) >= 11 is 0. The number of piperazine rings is 1. The Morgan fingerprint density at radius 1 is 0.939 bits per heavy atom. The predicted octanol–water partition coefficient (Wildman–Crippen LogP) is 1.62. The number of benzene rings is 1. The van der Waals surface area contributed by atoms with Crippen LogP contribution in [0.15, 0.2) is 55.1 Å². The summed E-state index contributed by atoms with van der Waals surface area (Å²) in [6.45, 7) is 3.12. The van der Waals surface area contributed by atoms with Crippen LogP contribution in [0.5, 0.6) is 0 Å². The number of nitrogens with zero attached hydrogens (tertiary/aromatic N) is 6. The summed E-state index contributed by atoms with van der Waals surface area (Å²) in [4.78, 5) is 53.3. The first kappa shape index (κ1) is 20.6. The van der Waals surface area contributed by atoms with Crippen LogP contribution < -0.4 is 0 Å². The van der Waals surface area contributed by atoms with Gasteiger partial charge in [0.15, 0.2) is 5.82 Å². The molecule has 1 aliphatic heterocycles. The lowest BCUT2D eigenvalue weighted by atomic mass is 10.1. The second kappa shape index (κ2) is 8.30. The number of hydrogen-bond acceptors (Lipinski definition) is 6. The molecule has 166 valence electrons. The third-order valence-electron chi connectivity index (χ3n) is 5.72. The standard InChI is InChI=1S/C23H21N7O3/c1-15-26-14-30(27-15)21-19-17(7-8-24-21)18(13-25-19)20(31)23(33)29-11-9-28(10-12-29)22(32)16-5-3-2-4-6-16/h2-8,13-14,25H,9-12H2,1H3. The molecule has 0 spiro atoms. The molecule has 33 heavy (non-hydrogen) atoms. The van der Waals surface area contributed by atoms with Crippen molar-refractivity contribution in [2.24, 2.45) is 0 Å². The quantitative estimate of drug-likeness (QED) is 0.378. The number of Topliss-reactive ketones (excluding diaryl/α,β-unsaturated/α-hetero) is 1. The average molecular weight is 443 g/mol. The highest BCUT2D eigenvalue weighted by Gasteiger charge is 2.30. The summed E-state index contributed by atoms with van der Waals surface area (Å²) in [5, 5.41) is 4.86. The fourth-order valence-electron chi connectivity index (χ4n) is 3.98. The number of fused-ring (bicyclic) bond motifs is 1. The van der Waals surface area contributed by atoms with Crippen molar-refractivity contribution in [1.29, 1.82) is 0 Å². The molecule has 4 aromatic rings. The highest BCUT2D eigenvalue weighted by atomic mass is 16.2. The van der Waals surface area contributed by atoms with Gasteiger partial charge in [-0.3, -0.25) is 14.4 Å². The highest BCUT2D eigenvalue weighted by Crippen LogP contribution is 2.23. The zero-order valence-corrected chi connectivity index (χ0v) is 17.9.